The summed E-state index contributed by atoms with van der Waals surface area (Å²) in [5.74, 6) is 1.90. The first-order valence-electron chi connectivity index (χ1n) is 6.35. The van der Waals surface area contributed by atoms with Gasteiger partial charge in [-0.15, -0.1) is 0 Å². The van der Waals surface area contributed by atoms with Crippen LogP contribution in [0.25, 0.3) is 0 Å². The summed E-state index contributed by atoms with van der Waals surface area (Å²) in [7, 11) is 0. The van der Waals surface area contributed by atoms with Gasteiger partial charge in [-0.05, 0) is 18.3 Å². The van der Waals surface area contributed by atoms with Crippen molar-refractivity contribution in [1.29, 1.82) is 0 Å². The Kier molecular flexibility index (Phi) is 3.42. The Morgan fingerprint density at radius 2 is 1.94 bits per heavy atom. The third kappa shape index (κ3) is 2.18. The van der Waals surface area contributed by atoms with Crippen molar-refractivity contribution in [3.05, 3.63) is 35.9 Å². The van der Waals surface area contributed by atoms with Gasteiger partial charge in [-0.3, -0.25) is 4.79 Å². The standard InChI is InChI=1S/C15H20O/c1-3-4-10-13-11(2)14(13)15(16)12-8-6-5-7-9-12/h5-9,11,13-14H,3-4,10H2,1-2H3/t11-,13+,14+/m0/s1. The number of hydrogen-bond acceptors (Lipinski definition) is 1. The normalized spacial score (nSPS) is 27.8. The molecule has 1 saturated carbocycles. The number of Topliss-reactive ketones (excluding diaryl/α,β-unsaturated/α-hetero) is 1. The van der Waals surface area contributed by atoms with Crippen LogP contribution in [0.15, 0.2) is 30.3 Å². The zero-order valence-corrected chi connectivity index (χ0v) is 10.1. The maximum Gasteiger partial charge on any atom is 0.166 e. The van der Waals surface area contributed by atoms with Crippen molar-refractivity contribution >= 4 is 5.78 Å². The van der Waals surface area contributed by atoms with Gasteiger partial charge in [0.05, 0.1) is 0 Å². The molecule has 2 rings (SSSR count). The van der Waals surface area contributed by atoms with Gasteiger partial charge < -0.3 is 0 Å². The van der Waals surface area contributed by atoms with Crippen molar-refractivity contribution < 1.29 is 4.79 Å². The highest BCUT2D eigenvalue weighted by Crippen LogP contribution is 2.50. The van der Waals surface area contributed by atoms with Crippen molar-refractivity contribution in [3.63, 3.8) is 0 Å². The second-order valence-electron chi connectivity index (χ2n) is 4.92. The van der Waals surface area contributed by atoms with Crippen molar-refractivity contribution in [2.75, 3.05) is 0 Å². The fraction of sp³-hybridized carbons (Fsp3) is 0.533. The molecule has 0 radical (unpaired) electrons. The van der Waals surface area contributed by atoms with E-state index < -0.39 is 0 Å². The second kappa shape index (κ2) is 4.82. The molecule has 1 aromatic rings. The predicted octanol–water partition coefficient (Wildman–Crippen LogP) is 3.94. The maximum atomic E-state index is 12.2. The average Bonchev–Trinajstić information content (AvgIpc) is 2.97. The first-order valence-corrected chi connectivity index (χ1v) is 6.35. The number of rotatable bonds is 5. The molecule has 0 heterocycles. The minimum atomic E-state index is 0.300. The van der Waals surface area contributed by atoms with E-state index in [1.54, 1.807) is 0 Å². The fourth-order valence-corrected chi connectivity index (χ4v) is 2.66. The SMILES string of the molecule is CCCC[C@@H]1[C@H](C)[C@H]1C(=O)c1ccccc1. The van der Waals surface area contributed by atoms with Crippen LogP contribution < -0.4 is 0 Å². The summed E-state index contributed by atoms with van der Waals surface area (Å²) in [5.41, 5.74) is 0.887. The van der Waals surface area contributed by atoms with Crippen LogP contribution >= 0.6 is 0 Å². The van der Waals surface area contributed by atoms with Crippen LogP contribution in [0.1, 0.15) is 43.5 Å². The summed E-state index contributed by atoms with van der Waals surface area (Å²) < 4.78 is 0. The Labute approximate surface area is 97.9 Å². The minimum Gasteiger partial charge on any atom is -0.294 e. The number of benzene rings is 1. The van der Waals surface area contributed by atoms with Crippen LogP contribution in [0.4, 0.5) is 0 Å². The topological polar surface area (TPSA) is 17.1 Å². The van der Waals surface area contributed by atoms with E-state index in [4.69, 9.17) is 0 Å². The lowest BCUT2D eigenvalue weighted by molar-refractivity contribution is 0.0956. The Morgan fingerprint density at radius 1 is 1.25 bits per heavy atom. The van der Waals surface area contributed by atoms with E-state index in [0.717, 1.165) is 5.56 Å². The van der Waals surface area contributed by atoms with Gasteiger partial charge >= 0.3 is 0 Å². The number of carbonyl (C=O) groups excluding carboxylic acids is 1. The number of carbonyl (C=O) groups is 1. The Bertz CT molecular complexity index is 355. The minimum absolute atomic E-state index is 0.300. The van der Waals surface area contributed by atoms with Crippen LogP contribution in [0.2, 0.25) is 0 Å². The summed E-state index contributed by atoms with van der Waals surface area (Å²) in [6, 6.07) is 9.72. The molecule has 0 spiro atoms. The van der Waals surface area contributed by atoms with E-state index in [2.05, 4.69) is 13.8 Å². The molecule has 1 aliphatic carbocycles. The molecule has 0 N–H and O–H groups in total. The lowest BCUT2D eigenvalue weighted by atomic mass is 10.0. The lowest BCUT2D eigenvalue weighted by Gasteiger charge is -1.99. The number of hydrogen-bond donors (Lipinski definition) is 0. The highest BCUT2D eigenvalue weighted by molar-refractivity contribution is 5.99. The molecule has 1 aliphatic rings. The molecule has 0 unspecified atom stereocenters. The summed E-state index contributed by atoms with van der Waals surface area (Å²) in [6.45, 7) is 4.42. The van der Waals surface area contributed by atoms with Crippen LogP contribution in [0, 0.1) is 17.8 Å². The molecule has 0 amide bonds. The van der Waals surface area contributed by atoms with Gasteiger partial charge in [-0.2, -0.15) is 0 Å². The number of ketones is 1. The van der Waals surface area contributed by atoms with E-state index in [9.17, 15) is 4.79 Å². The van der Waals surface area contributed by atoms with E-state index in [1.165, 1.54) is 19.3 Å². The highest BCUT2D eigenvalue weighted by Gasteiger charge is 2.50. The third-order valence-electron chi connectivity index (χ3n) is 3.81. The van der Waals surface area contributed by atoms with Crippen molar-refractivity contribution in [1.82, 2.24) is 0 Å². The van der Waals surface area contributed by atoms with Crippen LogP contribution in [-0.2, 0) is 0 Å². The van der Waals surface area contributed by atoms with Gasteiger partial charge in [-0.1, -0.05) is 57.0 Å². The molecule has 1 nitrogen and oxygen atoms in total. The first kappa shape index (κ1) is 11.4. The molecule has 86 valence electrons. The van der Waals surface area contributed by atoms with Gasteiger partial charge in [0.15, 0.2) is 5.78 Å². The highest BCUT2D eigenvalue weighted by atomic mass is 16.1. The molecule has 0 aromatic heterocycles. The Balaban J connectivity index is 1.97. The Hall–Kier alpha value is -1.11. The third-order valence-corrected chi connectivity index (χ3v) is 3.81. The monoisotopic (exact) mass is 216 g/mol. The summed E-state index contributed by atoms with van der Waals surface area (Å²) >= 11 is 0. The van der Waals surface area contributed by atoms with Crippen molar-refractivity contribution in [3.8, 4) is 0 Å². The van der Waals surface area contributed by atoms with Gasteiger partial charge in [0.2, 0.25) is 0 Å². The van der Waals surface area contributed by atoms with Crippen LogP contribution in [0.3, 0.4) is 0 Å². The molecule has 16 heavy (non-hydrogen) atoms. The Morgan fingerprint density at radius 3 is 2.56 bits per heavy atom. The van der Waals surface area contributed by atoms with Crippen LogP contribution in [-0.4, -0.2) is 5.78 Å². The second-order valence-corrected chi connectivity index (χ2v) is 4.92. The molecule has 3 atom stereocenters. The van der Waals surface area contributed by atoms with E-state index in [-0.39, 0.29) is 0 Å². The van der Waals surface area contributed by atoms with Crippen molar-refractivity contribution in [2.45, 2.75) is 33.1 Å². The van der Waals surface area contributed by atoms with Gasteiger partial charge in [0.25, 0.3) is 0 Å². The molecular formula is C15H20O. The summed E-state index contributed by atoms with van der Waals surface area (Å²) in [4.78, 5) is 12.2. The van der Waals surface area contributed by atoms with Gasteiger partial charge in [-0.25, -0.2) is 0 Å². The molecule has 0 bridgehead atoms. The predicted molar refractivity (Wildman–Crippen MR) is 66.4 cm³/mol. The molecule has 1 aromatic carbocycles. The zero-order valence-electron chi connectivity index (χ0n) is 10.1. The zero-order chi connectivity index (χ0) is 11.5. The van der Waals surface area contributed by atoms with E-state index in [0.29, 0.717) is 23.5 Å². The summed E-state index contributed by atoms with van der Waals surface area (Å²) in [5, 5.41) is 0. The average molecular weight is 216 g/mol. The molecular weight excluding hydrogens is 196 g/mol. The summed E-state index contributed by atoms with van der Waals surface area (Å²) in [6.07, 6.45) is 3.71. The van der Waals surface area contributed by atoms with Gasteiger partial charge in [0, 0.05) is 11.5 Å². The largest absolute Gasteiger partial charge is 0.294 e. The maximum absolute atomic E-state index is 12.2. The smallest absolute Gasteiger partial charge is 0.166 e. The lowest BCUT2D eigenvalue weighted by Crippen LogP contribution is -2.03. The van der Waals surface area contributed by atoms with E-state index >= 15 is 0 Å². The first-order chi connectivity index (χ1) is 7.75. The molecule has 0 saturated heterocycles. The van der Waals surface area contributed by atoms with Gasteiger partial charge in [0.1, 0.15) is 0 Å². The molecule has 0 aliphatic heterocycles. The number of unbranched alkanes of at least 4 members (excludes halogenated alkanes) is 1. The molecule has 1 heteroatoms. The van der Waals surface area contributed by atoms with Crippen molar-refractivity contribution in [2.24, 2.45) is 17.8 Å². The fourth-order valence-electron chi connectivity index (χ4n) is 2.66. The molecule has 1 fully saturated rings. The van der Waals surface area contributed by atoms with E-state index in [1.807, 2.05) is 30.3 Å². The van der Waals surface area contributed by atoms with Crippen LogP contribution in [0.5, 0.6) is 0 Å². The quantitative estimate of drug-likeness (QED) is 0.681.